The summed E-state index contributed by atoms with van der Waals surface area (Å²) in [5.41, 5.74) is 1.03. The lowest BCUT2D eigenvalue weighted by molar-refractivity contribution is -0.137. The summed E-state index contributed by atoms with van der Waals surface area (Å²) in [5.74, 6) is -3.15. The van der Waals surface area contributed by atoms with Crippen molar-refractivity contribution in [3.63, 3.8) is 0 Å². The van der Waals surface area contributed by atoms with Crippen LogP contribution in [0.3, 0.4) is 0 Å². The van der Waals surface area contributed by atoms with Gasteiger partial charge in [0.2, 0.25) is 17.7 Å². The minimum atomic E-state index is -1.20. The van der Waals surface area contributed by atoms with Crippen LogP contribution in [-0.2, 0) is 19.2 Å². The second-order valence-electron chi connectivity index (χ2n) is 5.30. The third-order valence-electron chi connectivity index (χ3n) is 3.11. The maximum absolute atomic E-state index is 11.9. The highest BCUT2D eigenvalue weighted by Gasteiger charge is 2.10. The predicted molar refractivity (Wildman–Crippen MR) is 92.5 cm³/mol. The van der Waals surface area contributed by atoms with E-state index in [1.807, 2.05) is 0 Å². The number of anilines is 1. The number of nitrogens with one attached hydrogen (secondary N) is 3. The maximum Gasteiger partial charge on any atom is 0.322 e. The van der Waals surface area contributed by atoms with E-state index in [1.165, 1.54) is 13.8 Å². The molecule has 0 aliphatic rings. The summed E-state index contributed by atoms with van der Waals surface area (Å²) in [5, 5.41) is 15.3. The molecule has 0 spiro atoms. The molecule has 0 radical (unpaired) electrons. The number of hydrogen-bond acceptors (Lipinski definition) is 5. The standard InChI is InChI=1S/C17H19N3O6/c1-10(17(26)19-8-15(23)18-9-16(24)25)7-14(22)20-13-5-3-12(4-6-13)11(2)21/h3-7H,8-9H2,1-2H3,(H,18,23)(H,19,26)(H,20,22)(H,24,25)/b10-7+. The van der Waals surface area contributed by atoms with Gasteiger partial charge in [-0.25, -0.2) is 0 Å². The molecule has 9 heteroatoms. The molecular formula is C17H19N3O6. The molecule has 4 N–H and O–H groups in total. The second kappa shape index (κ2) is 9.72. The van der Waals surface area contributed by atoms with E-state index in [2.05, 4.69) is 16.0 Å². The number of carbonyl (C=O) groups is 5. The molecule has 138 valence electrons. The van der Waals surface area contributed by atoms with Crippen molar-refractivity contribution in [2.45, 2.75) is 13.8 Å². The Kier molecular flexibility index (Phi) is 7.68. The quantitative estimate of drug-likeness (QED) is 0.382. The summed E-state index contributed by atoms with van der Waals surface area (Å²) in [6.07, 6.45) is 1.06. The zero-order chi connectivity index (χ0) is 19.7. The van der Waals surface area contributed by atoms with Gasteiger partial charge in [-0.3, -0.25) is 24.0 Å². The molecule has 0 aliphatic heterocycles. The number of carbonyl (C=O) groups excluding carboxylic acids is 4. The van der Waals surface area contributed by atoms with Crippen molar-refractivity contribution in [1.29, 1.82) is 0 Å². The van der Waals surface area contributed by atoms with E-state index in [4.69, 9.17) is 5.11 Å². The van der Waals surface area contributed by atoms with Gasteiger partial charge in [-0.1, -0.05) is 0 Å². The Morgan fingerprint density at radius 3 is 2.12 bits per heavy atom. The largest absolute Gasteiger partial charge is 0.480 e. The summed E-state index contributed by atoms with van der Waals surface area (Å²) in [6.45, 7) is 1.86. The van der Waals surface area contributed by atoms with Gasteiger partial charge in [-0.2, -0.15) is 0 Å². The van der Waals surface area contributed by atoms with E-state index in [0.717, 1.165) is 6.08 Å². The molecule has 0 aromatic heterocycles. The Labute approximate surface area is 149 Å². The van der Waals surface area contributed by atoms with E-state index in [-0.39, 0.29) is 11.4 Å². The van der Waals surface area contributed by atoms with E-state index in [0.29, 0.717) is 11.3 Å². The average Bonchev–Trinajstić information content (AvgIpc) is 2.57. The summed E-state index contributed by atoms with van der Waals surface area (Å²) in [4.78, 5) is 56.5. The van der Waals surface area contributed by atoms with E-state index in [9.17, 15) is 24.0 Å². The van der Waals surface area contributed by atoms with Crippen LogP contribution in [0.25, 0.3) is 0 Å². The molecule has 0 saturated heterocycles. The Hall–Kier alpha value is -3.49. The smallest absolute Gasteiger partial charge is 0.322 e. The van der Waals surface area contributed by atoms with Gasteiger partial charge in [0, 0.05) is 22.9 Å². The van der Waals surface area contributed by atoms with Gasteiger partial charge in [0.1, 0.15) is 6.54 Å². The highest BCUT2D eigenvalue weighted by atomic mass is 16.4. The topological polar surface area (TPSA) is 142 Å². The number of Topliss-reactive ketones (excluding diaryl/α,β-unsaturated/α-hetero) is 1. The minimum absolute atomic E-state index is 0.0638. The zero-order valence-electron chi connectivity index (χ0n) is 14.3. The molecule has 1 aromatic rings. The number of hydrogen-bond donors (Lipinski definition) is 4. The van der Waals surface area contributed by atoms with Crippen LogP contribution in [0.4, 0.5) is 5.69 Å². The number of ketones is 1. The fourth-order valence-corrected chi connectivity index (χ4v) is 1.77. The molecule has 9 nitrogen and oxygen atoms in total. The van der Waals surface area contributed by atoms with E-state index in [1.54, 1.807) is 24.3 Å². The molecule has 0 unspecified atom stereocenters. The second-order valence-corrected chi connectivity index (χ2v) is 5.30. The van der Waals surface area contributed by atoms with Crippen molar-refractivity contribution < 1.29 is 29.1 Å². The Balaban J connectivity index is 2.52. The molecule has 0 fully saturated rings. The van der Waals surface area contributed by atoms with Crippen LogP contribution in [0.15, 0.2) is 35.9 Å². The first-order chi connectivity index (χ1) is 12.2. The van der Waals surface area contributed by atoms with Gasteiger partial charge < -0.3 is 21.1 Å². The number of carboxylic acid groups (broad SMARTS) is 1. The summed E-state index contributed by atoms with van der Waals surface area (Å²) in [6, 6.07) is 6.25. The lowest BCUT2D eigenvalue weighted by Crippen LogP contribution is -2.39. The lowest BCUT2D eigenvalue weighted by atomic mass is 10.1. The SMILES string of the molecule is CC(=O)c1ccc(NC(=O)/C=C(\C)C(=O)NCC(=O)NCC(=O)O)cc1. The van der Waals surface area contributed by atoms with Crippen LogP contribution in [-0.4, -0.2) is 47.7 Å². The van der Waals surface area contributed by atoms with E-state index >= 15 is 0 Å². The maximum atomic E-state index is 11.9. The third kappa shape index (κ3) is 7.39. The van der Waals surface area contributed by atoms with Crippen LogP contribution < -0.4 is 16.0 Å². The van der Waals surface area contributed by atoms with Crippen molar-refractivity contribution in [3.8, 4) is 0 Å². The Morgan fingerprint density at radius 2 is 1.58 bits per heavy atom. The van der Waals surface area contributed by atoms with Crippen molar-refractivity contribution in [2.75, 3.05) is 18.4 Å². The molecular weight excluding hydrogens is 342 g/mol. The van der Waals surface area contributed by atoms with Crippen LogP contribution in [0, 0.1) is 0 Å². The normalized spacial score (nSPS) is 10.6. The fraction of sp³-hybridized carbons (Fsp3) is 0.235. The number of benzene rings is 1. The summed E-state index contributed by atoms with van der Waals surface area (Å²) in [7, 11) is 0. The van der Waals surface area contributed by atoms with Crippen molar-refractivity contribution in [3.05, 3.63) is 41.5 Å². The summed E-state index contributed by atoms with van der Waals surface area (Å²) >= 11 is 0. The average molecular weight is 361 g/mol. The van der Waals surface area contributed by atoms with E-state index < -0.39 is 36.8 Å². The van der Waals surface area contributed by atoms with Crippen molar-refractivity contribution in [2.24, 2.45) is 0 Å². The van der Waals surface area contributed by atoms with Gasteiger partial charge >= 0.3 is 5.97 Å². The lowest BCUT2D eigenvalue weighted by Gasteiger charge is -2.06. The van der Waals surface area contributed by atoms with Crippen LogP contribution in [0.2, 0.25) is 0 Å². The monoisotopic (exact) mass is 361 g/mol. The first-order valence-corrected chi connectivity index (χ1v) is 7.56. The van der Waals surface area contributed by atoms with Gasteiger partial charge in [-0.15, -0.1) is 0 Å². The van der Waals surface area contributed by atoms with Crippen LogP contribution in [0.5, 0.6) is 0 Å². The van der Waals surface area contributed by atoms with Gasteiger partial charge in [0.15, 0.2) is 5.78 Å². The van der Waals surface area contributed by atoms with Gasteiger partial charge in [0.25, 0.3) is 0 Å². The molecule has 0 aliphatic carbocycles. The highest BCUT2D eigenvalue weighted by Crippen LogP contribution is 2.10. The molecule has 0 bridgehead atoms. The molecule has 0 saturated carbocycles. The molecule has 0 atom stereocenters. The summed E-state index contributed by atoms with van der Waals surface area (Å²) < 4.78 is 0. The van der Waals surface area contributed by atoms with Crippen LogP contribution >= 0.6 is 0 Å². The van der Waals surface area contributed by atoms with Gasteiger partial charge in [-0.05, 0) is 38.1 Å². The van der Waals surface area contributed by atoms with Crippen molar-refractivity contribution in [1.82, 2.24) is 10.6 Å². The molecule has 1 aromatic carbocycles. The predicted octanol–water partition coefficient (Wildman–Crippen LogP) is 0.0910. The molecule has 0 heterocycles. The fourth-order valence-electron chi connectivity index (χ4n) is 1.77. The number of carboxylic acids is 1. The number of amides is 3. The molecule has 26 heavy (non-hydrogen) atoms. The minimum Gasteiger partial charge on any atom is -0.480 e. The van der Waals surface area contributed by atoms with Crippen LogP contribution in [0.1, 0.15) is 24.2 Å². The third-order valence-corrected chi connectivity index (χ3v) is 3.11. The molecule has 1 rings (SSSR count). The Morgan fingerprint density at radius 1 is 0.962 bits per heavy atom. The molecule has 3 amide bonds. The highest BCUT2D eigenvalue weighted by molar-refractivity contribution is 6.06. The number of aliphatic carboxylic acids is 1. The van der Waals surface area contributed by atoms with Gasteiger partial charge in [0.05, 0.1) is 6.54 Å². The van der Waals surface area contributed by atoms with Crippen molar-refractivity contribution >= 4 is 35.2 Å². The first-order valence-electron chi connectivity index (χ1n) is 7.56. The zero-order valence-corrected chi connectivity index (χ0v) is 14.3. The first kappa shape index (κ1) is 20.6. The number of rotatable bonds is 8. The Bertz CT molecular complexity index is 752.